The highest BCUT2D eigenvalue weighted by atomic mass is 32.2. The second kappa shape index (κ2) is 8.69. The number of fused-ring (bicyclic) bond motifs is 1. The van der Waals surface area contributed by atoms with E-state index >= 15 is 0 Å². The maximum absolute atomic E-state index is 11.9. The first-order valence-corrected chi connectivity index (χ1v) is 9.70. The largest absolute Gasteiger partial charge is 0.467 e. The smallest absolute Gasteiger partial charge is 0.240 e. The van der Waals surface area contributed by atoms with Gasteiger partial charge in [0.2, 0.25) is 23.8 Å². The summed E-state index contributed by atoms with van der Waals surface area (Å²) in [6.45, 7) is 2.44. The molecule has 0 aliphatic carbocycles. The van der Waals surface area contributed by atoms with Crippen molar-refractivity contribution in [1.29, 1.82) is 0 Å². The van der Waals surface area contributed by atoms with Gasteiger partial charge in [0.05, 0.1) is 24.3 Å². The number of carbonyl (C=O) groups excluding carboxylic acids is 1. The van der Waals surface area contributed by atoms with Gasteiger partial charge in [-0.2, -0.15) is 10.1 Å². The third-order valence-electron chi connectivity index (χ3n) is 3.96. The summed E-state index contributed by atoms with van der Waals surface area (Å²) in [5, 5.41) is 14.3. The number of hydrazone groups is 1. The van der Waals surface area contributed by atoms with Crippen LogP contribution in [-0.2, 0) is 11.3 Å². The van der Waals surface area contributed by atoms with Crippen molar-refractivity contribution in [2.45, 2.75) is 18.6 Å². The molecule has 10 nitrogen and oxygen atoms in total. The number of rotatable bonds is 8. The van der Waals surface area contributed by atoms with Gasteiger partial charge >= 0.3 is 0 Å². The number of ether oxygens (including phenoxy) is 2. The first kappa shape index (κ1) is 18.9. The number of aromatic nitrogens is 3. The number of anilines is 1. The molecule has 4 rings (SSSR count). The Hall–Kier alpha value is -3.47. The summed E-state index contributed by atoms with van der Waals surface area (Å²) in [6, 6.07) is 9.18. The number of benzene rings is 1. The predicted molar refractivity (Wildman–Crippen MR) is 106 cm³/mol. The van der Waals surface area contributed by atoms with Crippen molar-refractivity contribution in [3.8, 4) is 11.5 Å². The van der Waals surface area contributed by atoms with Gasteiger partial charge in [0.1, 0.15) is 5.76 Å². The minimum atomic E-state index is -0.137. The predicted octanol–water partition coefficient (Wildman–Crippen LogP) is 2.37. The molecular weight excluding hydrogens is 396 g/mol. The Labute approximate surface area is 170 Å². The van der Waals surface area contributed by atoms with E-state index < -0.39 is 0 Å². The molecule has 11 heteroatoms. The summed E-state index contributed by atoms with van der Waals surface area (Å²) in [5.74, 6) is 2.55. The zero-order valence-electron chi connectivity index (χ0n) is 15.5. The number of nitrogens with one attached hydrogen (secondary N) is 3. The fourth-order valence-corrected chi connectivity index (χ4v) is 3.09. The van der Waals surface area contributed by atoms with E-state index in [0.29, 0.717) is 29.2 Å². The van der Waals surface area contributed by atoms with Crippen LogP contribution in [0.2, 0.25) is 0 Å². The summed E-state index contributed by atoms with van der Waals surface area (Å²) in [7, 11) is 0. The average Bonchev–Trinajstić information content (AvgIpc) is 3.50. The normalized spacial score (nSPS) is 12.8. The molecule has 3 aromatic rings. The summed E-state index contributed by atoms with van der Waals surface area (Å²) in [4.78, 5) is 16.1. The van der Waals surface area contributed by atoms with E-state index in [1.807, 2.05) is 25.1 Å². The number of carbonyl (C=O) groups is 1. The van der Waals surface area contributed by atoms with Crippen molar-refractivity contribution < 1.29 is 18.7 Å². The number of amides is 1. The quantitative estimate of drug-likeness (QED) is 0.291. The monoisotopic (exact) mass is 414 g/mol. The average molecular weight is 414 g/mol. The SMILES string of the molecule is C/C(=N\Nc1nc(SCC(=O)NCc2ccco2)n[nH]1)c1ccc2c(c1)OCO2. The second-order valence-electron chi connectivity index (χ2n) is 5.99. The first-order chi connectivity index (χ1) is 14.2. The maximum atomic E-state index is 11.9. The molecular formula is C18H18N6O4S. The molecule has 2 aromatic heterocycles. The van der Waals surface area contributed by atoms with Crippen molar-refractivity contribution in [2.24, 2.45) is 5.10 Å². The van der Waals surface area contributed by atoms with Gasteiger partial charge in [-0.3, -0.25) is 4.79 Å². The zero-order valence-corrected chi connectivity index (χ0v) is 16.3. The van der Waals surface area contributed by atoms with Crippen LogP contribution in [0.25, 0.3) is 0 Å². The number of thioether (sulfide) groups is 1. The van der Waals surface area contributed by atoms with Gasteiger partial charge in [-0.05, 0) is 37.3 Å². The fraction of sp³-hybridized carbons (Fsp3) is 0.222. The Morgan fingerprint density at radius 2 is 2.21 bits per heavy atom. The third kappa shape index (κ3) is 4.88. The van der Waals surface area contributed by atoms with Crippen molar-refractivity contribution in [3.05, 3.63) is 47.9 Å². The van der Waals surface area contributed by atoms with Crippen molar-refractivity contribution in [3.63, 3.8) is 0 Å². The zero-order chi connectivity index (χ0) is 20.1. The minimum Gasteiger partial charge on any atom is -0.467 e. The summed E-state index contributed by atoms with van der Waals surface area (Å²) < 4.78 is 15.8. The molecule has 0 radical (unpaired) electrons. The highest BCUT2D eigenvalue weighted by Crippen LogP contribution is 2.32. The van der Waals surface area contributed by atoms with E-state index in [9.17, 15) is 4.79 Å². The van der Waals surface area contributed by atoms with Crippen LogP contribution in [0.1, 0.15) is 18.2 Å². The number of hydrogen-bond donors (Lipinski definition) is 3. The Morgan fingerprint density at radius 1 is 1.31 bits per heavy atom. The lowest BCUT2D eigenvalue weighted by Crippen LogP contribution is -2.24. The van der Waals surface area contributed by atoms with E-state index in [1.165, 1.54) is 11.8 Å². The van der Waals surface area contributed by atoms with Gasteiger partial charge in [-0.15, -0.1) is 5.10 Å². The molecule has 0 atom stereocenters. The van der Waals surface area contributed by atoms with Gasteiger partial charge in [-0.1, -0.05) is 11.8 Å². The molecule has 29 heavy (non-hydrogen) atoms. The minimum absolute atomic E-state index is 0.137. The molecule has 0 spiro atoms. The molecule has 1 aliphatic heterocycles. The molecule has 3 N–H and O–H groups in total. The van der Waals surface area contributed by atoms with Gasteiger partial charge in [0.25, 0.3) is 0 Å². The van der Waals surface area contributed by atoms with Crippen molar-refractivity contribution in [1.82, 2.24) is 20.5 Å². The van der Waals surface area contributed by atoms with Crippen molar-refractivity contribution in [2.75, 3.05) is 18.0 Å². The Balaban J connectivity index is 1.26. The van der Waals surface area contributed by atoms with Crippen LogP contribution in [0.4, 0.5) is 5.95 Å². The maximum Gasteiger partial charge on any atom is 0.240 e. The molecule has 150 valence electrons. The van der Waals surface area contributed by atoms with E-state index in [1.54, 1.807) is 18.4 Å². The molecule has 1 amide bonds. The number of aromatic amines is 1. The molecule has 0 saturated carbocycles. The molecule has 1 aromatic carbocycles. The van der Waals surface area contributed by atoms with Gasteiger partial charge < -0.3 is 19.2 Å². The van der Waals surface area contributed by atoms with Crippen LogP contribution >= 0.6 is 11.8 Å². The standard InChI is InChI=1S/C18H18N6O4S/c1-11(12-4-5-14-15(7-12)28-10-27-14)21-22-17-20-18(24-23-17)29-9-16(25)19-8-13-3-2-6-26-13/h2-7H,8-10H2,1H3,(H,19,25)(H2,20,22,23,24)/b21-11+. The van der Waals surface area contributed by atoms with E-state index in [2.05, 4.69) is 31.0 Å². The first-order valence-electron chi connectivity index (χ1n) is 8.72. The second-order valence-corrected chi connectivity index (χ2v) is 6.93. The van der Waals surface area contributed by atoms with Crippen molar-refractivity contribution >= 4 is 29.3 Å². The molecule has 3 heterocycles. The number of H-pyrrole nitrogens is 1. The van der Waals surface area contributed by atoms with Crippen LogP contribution in [0.15, 0.2) is 51.3 Å². The van der Waals surface area contributed by atoms with Gasteiger partial charge in [0, 0.05) is 5.56 Å². The molecule has 0 unspecified atom stereocenters. The van der Waals surface area contributed by atoms with Crippen LogP contribution < -0.4 is 20.2 Å². The lowest BCUT2D eigenvalue weighted by Gasteiger charge is -2.03. The molecule has 0 fully saturated rings. The third-order valence-corrected chi connectivity index (χ3v) is 4.80. The van der Waals surface area contributed by atoms with E-state index in [-0.39, 0.29) is 18.5 Å². The number of furan rings is 1. The van der Waals surface area contributed by atoms with Gasteiger partial charge in [-0.25, -0.2) is 10.5 Å². The molecule has 0 saturated heterocycles. The lowest BCUT2D eigenvalue weighted by molar-refractivity contribution is -0.118. The Bertz CT molecular complexity index is 1020. The fourth-order valence-electron chi connectivity index (χ4n) is 2.46. The summed E-state index contributed by atoms with van der Waals surface area (Å²) in [5.41, 5.74) is 4.46. The summed E-state index contributed by atoms with van der Waals surface area (Å²) in [6.07, 6.45) is 1.56. The van der Waals surface area contributed by atoms with Gasteiger partial charge in [0.15, 0.2) is 11.5 Å². The highest BCUT2D eigenvalue weighted by Gasteiger charge is 2.14. The molecule has 1 aliphatic rings. The Kier molecular flexibility index (Phi) is 5.66. The van der Waals surface area contributed by atoms with E-state index in [4.69, 9.17) is 13.9 Å². The molecule has 0 bridgehead atoms. The van der Waals surface area contributed by atoms with E-state index in [0.717, 1.165) is 17.0 Å². The Morgan fingerprint density at radius 3 is 3.07 bits per heavy atom. The lowest BCUT2D eigenvalue weighted by atomic mass is 10.1. The van der Waals surface area contributed by atoms with Crippen LogP contribution in [0, 0.1) is 0 Å². The van der Waals surface area contributed by atoms with Crippen LogP contribution in [0.5, 0.6) is 11.5 Å². The number of nitrogens with zero attached hydrogens (tertiary/aromatic N) is 3. The topological polar surface area (TPSA) is 127 Å². The highest BCUT2D eigenvalue weighted by molar-refractivity contribution is 7.99. The summed E-state index contributed by atoms with van der Waals surface area (Å²) >= 11 is 1.22. The van der Waals surface area contributed by atoms with Crippen LogP contribution in [0.3, 0.4) is 0 Å². The number of hydrogen-bond acceptors (Lipinski definition) is 9. The van der Waals surface area contributed by atoms with Crippen LogP contribution in [-0.4, -0.2) is 39.3 Å².